The molecular weight excluding hydrogens is 386 g/mol. The average molecular weight is 403 g/mol. The number of ketones is 1. The lowest BCUT2D eigenvalue weighted by Crippen LogP contribution is -2.30. The molecule has 1 aromatic carbocycles. The summed E-state index contributed by atoms with van der Waals surface area (Å²) in [4.78, 5) is 30.0. The van der Waals surface area contributed by atoms with E-state index in [0.29, 0.717) is 34.4 Å². The van der Waals surface area contributed by atoms with Gasteiger partial charge in [0.05, 0.1) is 29.7 Å². The van der Waals surface area contributed by atoms with E-state index in [1.54, 1.807) is 36.6 Å². The third-order valence-electron chi connectivity index (χ3n) is 4.72. The van der Waals surface area contributed by atoms with Crippen molar-refractivity contribution in [3.05, 3.63) is 57.5 Å². The maximum atomic E-state index is 12.7. The average Bonchev–Trinajstić information content (AvgIpc) is 3.30. The van der Waals surface area contributed by atoms with Gasteiger partial charge in [-0.05, 0) is 48.6 Å². The molecule has 3 heterocycles. The van der Waals surface area contributed by atoms with Crippen LogP contribution in [-0.2, 0) is 23.0 Å². The van der Waals surface area contributed by atoms with Crippen LogP contribution in [0.3, 0.4) is 0 Å². The zero-order valence-corrected chi connectivity index (χ0v) is 16.2. The first-order chi connectivity index (χ1) is 12.9. The third-order valence-corrected chi connectivity index (χ3v) is 7.32. The van der Waals surface area contributed by atoms with Crippen LogP contribution in [0, 0.1) is 0 Å². The number of benzene rings is 1. The van der Waals surface area contributed by atoms with E-state index in [0.717, 1.165) is 5.56 Å². The molecule has 0 N–H and O–H groups in total. The van der Waals surface area contributed by atoms with Gasteiger partial charge in [-0.15, -0.1) is 11.3 Å². The number of carbonyl (C=O) groups is 1. The largest absolute Gasteiger partial charge is 0.292 e. The number of rotatable bonds is 5. The number of aromatic nitrogens is 2. The molecule has 1 aliphatic heterocycles. The van der Waals surface area contributed by atoms with E-state index in [-0.39, 0.29) is 23.6 Å². The number of anilines is 1. The van der Waals surface area contributed by atoms with E-state index in [1.807, 2.05) is 0 Å². The van der Waals surface area contributed by atoms with Crippen molar-refractivity contribution in [2.45, 2.75) is 19.9 Å². The van der Waals surface area contributed by atoms with Gasteiger partial charge in [0.15, 0.2) is 5.78 Å². The molecule has 0 spiro atoms. The second kappa shape index (κ2) is 6.58. The number of nitrogens with zero attached hydrogens (tertiary/aromatic N) is 3. The highest BCUT2D eigenvalue weighted by molar-refractivity contribution is 7.92. The molecule has 27 heavy (non-hydrogen) atoms. The van der Waals surface area contributed by atoms with Crippen LogP contribution >= 0.6 is 11.3 Å². The number of Topliss-reactive ketones (excluding diaryl/α,β-unsaturated/α-hetero) is 1. The predicted molar refractivity (Wildman–Crippen MR) is 105 cm³/mol. The summed E-state index contributed by atoms with van der Waals surface area (Å²) in [6.45, 7) is 1.90. The molecule has 0 fully saturated rings. The number of hydrogen-bond acceptors (Lipinski definition) is 6. The van der Waals surface area contributed by atoms with Gasteiger partial charge in [-0.2, -0.15) is 0 Å². The van der Waals surface area contributed by atoms with Gasteiger partial charge in [-0.1, -0.05) is 0 Å². The highest BCUT2D eigenvalue weighted by atomic mass is 32.2. The van der Waals surface area contributed by atoms with E-state index in [1.165, 1.54) is 26.5 Å². The summed E-state index contributed by atoms with van der Waals surface area (Å²) in [7, 11) is -3.32. The summed E-state index contributed by atoms with van der Waals surface area (Å²) in [6.07, 6.45) is 1.96. The smallest absolute Gasteiger partial charge is 0.262 e. The van der Waals surface area contributed by atoms with Crippen molar-refractivity contribution in [1.29, 1.82) is 0 Å². The molecule has 0 amide bonds. The van der Waals surface area contributed by atoms with Gasteiger partial charge in [-0.25, -0.2) is 13.4 Å². The van der Waals surface area contributed by atoms with E-state index in [4.69, 9.17) is 0 Å². The van der Waals surface area contributed by atoms with E-state index in [2.05, 4.69) is 4.98 Å². The van der Waals surface area contributed by atoms with Crippen LogP contribution in [-0.4, -0.2) is 36.0 Å². The minimum absolute atomic E-state index is 0.0358. The van der Waals surface area contributed by atoms with Gasteiger partial charge in [0.2, 0.25) is 10.0 Å². The number of hydrogen-bond donors (Lipinski definition) is 0. The fraction of sp³-hybridized carbons (Fsp3) is 0.278. The van der Waals surface area contributed by atoms with Crippen molar-refractivity contribution in [2.24, 2.45) is 0 Å². The molecule has 0 atom stereocenters. The molecule has 2 aromatic heterocycles. The zero-order chi connectivity index (χ0) is 19.2. The van der Waals surface area contributed by atoms with Crippen LogP contribution in [0.4, 0.5) is 5.69 Å². The summed E-state index contributed by atoms with van der Waals surface area (Å²) in [5.74, 6) is -0.179. The summed E-state index contributed by atoms with van der Waals surface area (Å²) in [6, 6.07) is 6.72. The molecular formula is C18H17N3O4S2. The minimum atomic E-state index is -3.32. The quantitative estimate of drug-likeness (QED) is 0.608. The topological polar surface area (TPSA) is 89.3 Å². The highest BCUT2D eigenvalue weighted by Crippen LogP contribution is 2.31. The van der Waals surface area contributed by atoms with Crippen LogP contribution in [0.15, 0.2) is 40.8 Å². The molecule has 0 saturated heterocycles. The molecule has 1 aliphatic rings. The maximum absolute atomic E-state index is 12.7. The molecule has 9 heteroatoms. The Morgan fingerprint density at radius 1 is 1.30 bits per heavy atom. The summed E-state index contributed by atoms with van der Waals surface area (Å²) < 4.78 is 27.0. The van der Waals surface area contributed by atoms with E-state index < -0.39 is 10.0 Å². The first-order valence-corrected chi connectivity index (χ1v) is 11.0. The number of fused-ring (bicyclic) bond motifs is 2. The Kier molecular flexibility index (Phi) is 4.35. The molecule has 3 aromatic rings. The summed E-state index contributed by atoms with van der Waals surface area (Å²) in [5.41, 5.74) is 1.68. The van der Waals surface area contributed by atoms with Crippen molar-refractivity contribution >= 4 is 43.0 Å². The summed E-state index contributed by atoms with van der Waals surface area (Å²) >= 11 is 1.38. The first-order valence-electron chi connectivity index (χ1n) is 8.50. The molecule has 0 saturated carbocycles. The Balaban J connectivity index is 1.62. The van der Waals surface area contributed by atoms with Crippen molar-refractivity contribution in [3.8, 4) is 0 Å². The lowest BCUT2D eigenvalue weighted by atomic mass is 10.1. The fourth-order valence-electron chi connectivity index (χ4n) is 3.24. The molecule has 7 nitrogen and oxygen atoms in total. The third kappa shape index (κ3) is 3.06. The minimum Gasteiger partial charge on any atom is -0.292 e. The lowest BCUT2D eigenvalue weighted by molar-refractivity contribution is 0.0970. The first kappa shape index (κ1) is 17.9. The van der Waals surface area contributed by atoms with Crippen LogP contribution in [0.5, 0.6) is 0 Å². The SMILES string of the molecule is CCS(=O)(=O)N1CCc2cc(C(=O)Cn3cnc4sccc4c3=O)ccc21. The zero-order valence-electron chi connectivity index (χ0n) is 14.6. The van der Waals surface area contributed by atoms with E-state index >= 15 is 0 Å². The molecule has 140 valence electrons. The van der Waals surface area contributed by atoms with Gasteiger partial charge < -0.3 is 0 Å². The Hall–Kier alpha value is -2.52. The second-order valence-corrected chi connectivity index (χ2v) is 9.38. The van der Waals surface area contributed by atoms with Gasteiger partial charge >= 0.3 is 0 Å². The normalized spacial score (nSPS) is 13.9. The van der Waals surface area contributed by atoms with Crippen LogP contribution in [0.25, 0.3) is 10.2 Å². The Morgan fingerprint density at radius 3 is 2.89 bits per heavy atom. The van der Waals surface area contributed by atoms with Crippen LogP contribution in [0.2, 0.25) is 0 Å². The lowest BCUT2D eigenvalue weighted by Gasteiger charge is -2.18. The number of carbonyl (C=O) groups excluding carboxylic acids is 1. The Bertz CT molecular complexity index is 1210. The molecule has 0 bridgehead atoms. The number of sulfonamides is 1. The standard InChI is InChI=1S/C18H17N3O4S2/c1-2-27(24,25)21-7-5-12-9-13(3-4-15(12)21)16(22)10-20-11-19-17-14(18(20)23)6-8-26-17/h3-4,6,8-9,11H,2,5,7,10H2,1H3. The number of thiophene rings is 1. The molecule has 0 unspecified atom stereocenters. The predicted octanol–water partition coefficient (Wildman–Crippen LogP) is 2.05. The van der Waals surface area contributed by atoms with Crippen molar-refractivity contribution in [2.75, 3.05) is 16.6 Å². The monoisotopic (exact) mass is 403 g/mol. The fourth-order valence-corrected chi connectivity index (χ4v) is 5.12. The van der Waals surface area contributed by atoms with Crippen LogP contribution < -0.4 is 9.86 Å². The van der Waals surface area contributed by atoms with Gasteiger partial charge in [0.1, 0.15) is 4.83 Å². The molecule has 0 aliphatic carbocycles. The Labute approximate surface area is 159 Å². The van der Waals surface area contributed by atoms with Crippen molar-refractivity contribution in [3.63, 3.8) is 0 Å². The van der Waals surface area contributed by atoms with E-state index in [9.17, 15) is 18.0 Å². The molecule has 0 radical (unpaired) electrons. The van der Waals surface area contributed by atoms with Crippen molar-refractivity contribution < 1.29 is 13.2 Å². The highest BCUT2D eigenvalue weighted by Gasteiger charge is 2.28. The van der Waals surface area contributed by atoms with Gasteiger partial charge in [0.25, 0.3) is 5.56 Å². The summed E-state index contributed by atoms with van der Waals surface area (Å²) in [5, 5.41) is 2.30. The second-order valence-electron chi connectivity index (χ2n) is 6.31. The maximum Gasteiger partial charge on any atom is 0.262 e. The Morgan fingerprint density at radius 2 is 2.11 bits per heavy atom. The van der Waals surface area contributed by atoms with Gasteiger partial charge in [0, 0.05) is 12.1 Å². The van der Waals surface area contributed by atoms with Crippen LogP contribution in [0.1, 0.15) is 22.8 Å². The van der Waals surface area contributed by atoms with Crippen molar-refractivity contribution in [1.82, 2.24) is 9.55 Å². The molecule has 4 rings (SSSR count). The van der Waals surface area contributed by atoms with Gasteiger partial charge in [-0.3, -0.25) is 18.5 Å².